The van der Waals surface area contributed by atoms with Crippen LogP contribution in [-0.2, 0) is 10.0 Å². The van der Waals surface area contributed by atoms with Gasteiger partial charge in [0.15, 0.2) is 5.13 Å². The summed E-state index contributed by atoms with van der Waals surface area (Å²) in [4.78, 5) is 6.94. The van der Waals surface area contributed by atoms with E-state index in [-0.39, 0.29) is 4.90 Å². The number of piperazine rings is 1. The summed E-state index contributed by atoms with van der Waals surface area (Å²) in [7, 11) is -2.00. The molecule has 0 bridgehead atoms. The number of rotatable bonds is 4. The van der Waals surface area contributed by atoms with Crippen molar-refractivity contribution in [2.45, 2.75) is 11.8 Å². The van der Waals surface area contributed by atoms with Gasteiger partial charge in [-0.15, -0.1) is 0 Å². The van der Waals surface area contributed by atoms with Crippen molar-refractivity contribution in [2.75, 3.05) is 38.2 Å². The summed E-state index contributed by atoms with van der Waals surface area (Å²) in [6.07, 6.45) is 0. The minimum absolute atomic E-state index is 0.114. The predicted octanol–water partition coefficient (Wildman–Crippen LogP) is 3.26. The van der Waals surface area contributed by atoms with Gasteiger partial charge in [0.25, 0.3) is 0 Å². The molecular formula is C19H20FN3O3S2. The molecule has 9 heteroatoms. The lowest BCUT2D eigenvalue weighted by molar-refractivity contribution is 0.384. The summed E-state index contributed by atoms with van der Waals surface area (Å²) in [6.45, 7) is 3.83. The van der Waals surface area contributed by atoms with Gasteiger partial charge >= 0.3 is 0 Å². The van der Waals surface area contributed by atoms with E-state index in [1.54, 1.807) is 18.4 Å². The van der Waals surface area contributed by atoms with Gasteiger partial charge < -0.3 is 9.64 Å². The quantitative estimate of drug-likeness (QED) is 0.647. The Balaban J connectivity index is 1.54. The second-order valence-corrected chi connectivity index (χ2v) is 9.52. The number of benzene rings is 2. The van der Waals surface area contributed by atoms with Crippen molar-refractivity contribution in [3.05, 3.63) is 47.8 Å². The molecule has 0 radical (unpaired) electrons. The van der Waals surface area contributed by atoms with Crippen molar-refractivity contribution in [2.24, 2.45) is 0 Å². The van der Waals surface area contributed by atoms with Crippen molar-refractivity contribution >= 4 is 36.7 Å². The van der Waals surface area contributed by atoms with Crippen molar-refractivity contribution < 1.29 is 17.5 Å². The van der Waals surface area contributed by atoms with E-state index in [1.807, 2.05) is 19.1 Å². The summed E-state index contributed by atoms with van der Waals surface area (Å²) in [5.41, 5.74) is 1.97. The molecule has 6 nitrogen and oxygen atoms in total. The zero-order chi connectivity index (χ0) is 19.9. The fourth-order valence-corrected chi connectivity index (χ4v) is 5.80. The van der Waals surface area contributed by atoms with Crippen LogP contribution in [0.25, 0.3) is 10.2 Å². The summed E-state index contributed by atoms with van der Waals surface area (Å²) in [5, 5.41) is 0.862. The first-order valence-corrected chi connectivity index (χ1v) is 11.1. The highest BCUT2D eigenvalue weighted by molar-refractivity contribution is 7.89. The fraction of sp³-hybridized carbons (Fsp3) is 0.316. The number of thiazole rings is 1. The molecule has 2 aromatic carbocycles. The lowest BCUT2D eigenvalue weighted by atomic mass is 10.2. The predicted molar refractivity (Wildman–Crippen MR) is 108 cm³/mol. The Hall–Kier alpha value is -2.23. The second-order valence-electron chi connectivity index (χ2n) is 6.60. The van der Waals surface area contributed by atoms with Crippen LogP contribution in [0.2, 0.25) is 0 Å². The number of nitrogens with zero attached hydrogens (tertiary/aromatic N) is 3. The molecule has 0 atom stereocenters. The smallest absolute Gasteiger partial charge is 0.243 e. The second kappa shape index (κ2) is 7.31. The minimum atomic E-state index is -3.62. The van der Waals surface area contributed by atoms with Crippen LogP contribution in [0.1, 0.15) is 5.56 Å². The molecule has 0 unspecified atom stereocenters. The summed E-state index contributed by atoms with van der Waals surface area (Å²) in [5.74, 6) is 0.283. The Morgan fingerprint density at radius 2 is 1.75 bits per heavy atom. The first-order valence-electron chi connectivity index (χ1n) is 8.85. The minimum Gasteiger partial charge on any atom is -0.494 e. The molecule has 0 saturated carbocycles. The van der Waals surface area contributed by atoms with Crippen LogP contribution in [0.3, 0.4) is 0 Å². The third-order valence-corrected chi connectivity index (χ3v) is 8.04. The van der Waals surface area contributed by atoms with Crippen LogP contribution in [0.4, 0.5) is 9.52 Å². The fourth-order valence-electron chi connectivity index (χ4n) is 3.27. The van der Waals surface area contributed by atoms with E-state index in [9.17, 15) is 12.8 Å². The van der Waals surface area contributed by atoms with Crippen LogP contribution >= 0.6 is 11.3 Å². The molecule has 1 aromatic heterocycles. The first-order chi connectivity index (χ1) is 13.4. The van der Waals surface area contributed by atoms with Crippen LogP contribution in [-0.4, -0.2) is 51.0 Å². The monoisotopic (exact) mass is 421 g/mol. The lowest BCUT2D eigenvalue weighted by Crippen LogP contribution is -2.48. The zero-order valence-corrected chi connectivity index (χ0v) is 17.2. The molecule has 0 aliphatic carbocycles. The van der Waals surface area contributed by atoms with E-state index in [0.717, 1.165) is 26.7 Å². The maximum Gasteiger partial charge on any atom is 0.243 e. The van der Waals surface area contributed by atoms with Crippen LogP contribution < -0.4 is 9.64 Å². The third-order valence-electron chi connectivity index (χ3n) is 4.87. The van der Waals surface area contributed by atoms with Gasteiger partial charge in [0.05, 0.1) is 16.7 Å². The number of aromatic nitrogens is 1. The number of sulfonamides is 1. The molecule has 1 saturated heterocycles. The molecule has 1 aliphatic heterocycles. The zero-order valence-electron chi connectivity index (χ0n) is 15.6. The van der Waals surface area contributed by atoms with Gasteiger partial charge in [-0.05, 0) is 42.8 Å². The number of aryl methyl sites for hydroxylation is 1. The summed E-state index contributed by atoms with van der Waals surface area (Å²) < 4.78 is 46.6. The van der Waals surface area contributed by atoms with E-state index in [0.29, 0.717) is 26.2 Å². The lowest BCUT2D eigenvalue weighted by Gasteiger charge is -2.33. The third kappa shape index (κ3) is 3.34. The molecule has 148 valence electrons. The Bertz CT molecular complexity index is 1110. The number of fused-ring (bicyclic) bond motifs is 1. The number of anilines is 1. The standard InChI is InChI=1S/C19H20FN3O3S2/c1-13-3-8-16(26-2)17-18(13)27-19(21-17)22-9-11-23(12-10-22)28(24,25)15-6-4-14(20)5-7-15/h3-8H,9-12H2,1-2H3. The summed E-state index contributed by atoms with van der Waals surface area (Å²) in [6, 6.07) is 8.87. The number of hydrogen-bond acceptors (Lipinski definition) is 6. The highest BCUT2D eigenvalue weighted by atomic mass is 32.2. The van der Waals surface area contributed by atoms with Crippen LogP contribution in [0, 0.1) is 12.7 Å². The maximum absolute atomic E-state index is 13.1. The number of methoxy groups -OCH3 is 1. The van der Waals surface area contributed by atoms with Crippen molar-refractivity contribution in [1.29, 1.82) is 0 Å². The SMILES string of the molecule is COc1ccc(C)c2sc(N3CCN(S(=O)(=O)c4ccc(F)cc4)CC3)nc12. The van der Waals surface area contributed by atoms with Gasteiger partial charge in [0.2, 0.25) is 10.0 Å². The van der Waals surface area contributed by atoms with Crippen molar-refractivity contribution in [3.63, 3.8) is 0 Å². The van der Waals surface area contributed by atoms with Gasteiger partial charge in [-0.1, -0.05) is 17.4 Å². The van der Waals surface area contributed by atoms with Gasteiger partial charge in [-0.25, -0.2) is 17.8 Å². The Morgan fingerprint density at radius 3 is 2.39 bits per heavy atom. The first kappa shape index (κ1) is 19.1. The molecule has 1 aliphatic rings. The van der Waals surface area contributed by atoms with Gasteiger partial charge in [0.1, 0.15) is 17.1 Å². The molecule has 0 amide bonds. The van der Waals surface area contributed by atoms with Gasteiger partial charge in [-0.2, -0.15) is 4.31 Å². The van der Waals surface area contributed by atoms with E-state index in [4.69, 9.17) is 9.72 Å². The van der Waals surface area contributed by atoms with E-state index in [2.05, 4.69) is 4.90 Å². The highest BCUT2D eigenvalue weighted by Gasteiger charge is 2.29. The maximum atomic E-state index is 13.1. The van der Waals surface area contributed by atoms with E-state index in [1.165, 1.54) is 28.6 Å². The molecular weight excluding hydrogens is 401 g/mol. The number of ether oxygens (including phenoxy) is 1. The van der Waals surface area contributed by atoms with Crippen molar-refractivity contribution in [3.8, 4) is 5.75 Å². The Morgan fingerprint density at radius 1 is 1.07 bits per heavy atom. The average Bonchev–Trinajstić information content (AvgIpc) is 3.15. The van der Waals surface area contributed by atoms with Gasteiger partial charge in [0, 0.05) is 26.2 Å². The largest absolute Gasteiger partial charge is 0.494 e. The summed E-state index contributed by atoms with van der Waals surface area (Å²) >= 11 is 1.59. The topological polar surface area (TPSA) is 62.7 Å². The number of hydrogen-bond donors (Lipinski definition) is 0. The molecule has 28 heavy (non-hydrogen) atoms. The Labute approximate surface area is 167 Å². The van der Waals surface area contributed by atoms with Crippen molar-refractivity contribution in [1.82, 2.24) is 9.29 Å². The van der Waals surface area contributed by atoms with Crippen LogP contribution in [0.15, 0.2) is 41.3 Å². The molecule has 0 spiro atoms. The van der Waals surface area contributed by atoms with Gasteiger partial charge in [-0.3, -0.25) is 0 Å². The Kier molecular flexibility index (Phi) is 4.98. The normalized spacial score (nSPS) is 15.9. The van der Waals surface area contributed by atoms with Crippen LogP contribution in [0.5, 0.6) is 5.75 Å². The molecule has 1 fully saturated rings. The molecule has 3 aromatic rings. The molecule has 2 heterocycles. The molecule has 4 rings (SSSR count). The highest BCUT2D eigenvalue weighted by Crippen LogP contribution is 2.36. The molecule has 0 N–H and O–H groups in total. The number of halogens is 1. The van der Waals surface area contributed by atoms with E-state index < -0.39 is 15.8 Å². The average molecular weight is 422 g/mol. The van der Waals surface area contributed by atoms with E-state index >= 15 is 0 Å².